The fourth-order valence-electron chi connectivity index (χ4n) is 4.19. The van der Waals surface area contributed by atoms with E-state index in [1.54, 1.807) is 0 Å². The summed E-state index contributed by atoms with van der Waals surface area (Å²) >= 11 is 12.8. The van der Waals surface area contributed by atoms with E-state index in [9.17, 15) is 24.8 Å². The molecule has 1 radical (unpaired) electrons. The Balaban J connectivity index is 1.91. The van der Waals surface area contributed by atoms with Gasteiger partial charge in [-0.3, -0.25) is 19.7 Å². The zero-order chi connectivity index (χ0) is 23.6. The van der Waals surface area contributed by atoms with E-state index in [0.29, 0.717) is 12.8 Å². The van der Waals surface area contributed by atoms with Crippen LogP contribution in [0.15, 0.2) is 36.4 Å². The number of carbonyl (C=O) groups is 2. The van der Waals surface area contributed by atoms with Gasteiger partial charge in [0.1, 0.15) is 22.3 Å². The molecule has 9 heteroatoms. The lowest BCUT2D eigenvalue weighted by Gasteiger charge is -2.36. The highest BCUT2D eigenvalue weighted by atomic mass is 35.5. The van der Waals surface area contributed by atoms with E-state index >= 15 is 0 Å². The van der Waals surface area contributed by atoms with Crippen LogP contribution in [0.3, 0.4) is 0 Å². The molecule has 169 valence electrons. The van der Waals surface area contributed by atoms with Crippen molar-refractivity contribution in [2.24, 2.45) is 5.41 Å². The van der Waals surface area contributed by atoms with Gasteiger partial charge in [0.15, 0.2) is 5.78 Å². The molecule has 1 atom stereocenters. The molecule has 2 aromatic rings. The summed E-state index contributed by atoms with van der Waals surface area (Å²) in [5, 5.41) is 20.7. The Morgan fingerprint density at radius 2 is 1.66 bits per heavy atom. The van der Waals surface area contributed by atoms with Gasteiger partial charge >= 0.3 is 5.97 Å². The summed E-state index contributed by atoms with van der Waals surface area (Å²) in [4.78, 5) is 35.3. The van der Waals surface area contributed by atoms with Gasteiger partial charge in [-0.25, -0.2) is 0 Å². The van der Waals surface area contributed by atoms with Crippen LogP contribution in [0.2, 0.25) is 10.0 Å². The second kappa shape index (κ2) is 9.46. The zero-order valence-electron chi connectivity index (χ0n) is 17.6. The van der Waals surface area contributed by atoms with Crippen LogP contribution in [0.25, 0.3) is 0 Å². The van der Waals surface area contributed by atoms with Gasteiger partial charge in [-0.15, -0.1) is 0 Å². The third-order valence-electron chi connectivity index (χ3n) is 5.82. The Morgan fingerprint density at radius 3 is 2.16 bits per heavy atom. The van der Waals surface area contributed by atoms with Crippen molar-refractivity contribution in [1.29, 1.82) is 0 Å². The number of nitro benzene ring substituents is 1. The maximum atomic E-state index is 12.9. The second-order valence-corrected chi connectivity index (χ2v) is 8.87. The monoisotopic (exact) mass is 478 g/mol. The van der Waals surface area contributed by atoms with Crippen LogP contribution < -0.4 is 4.74 Å². The highest BCUT2D eigenvalue weighted by Crippen LogP contribution is 2.47. The number of nitro groups is 1. The number of carbonyl (C=O) groups excluding carboxylic acids is 1. The normalized spacial score (nSPS) is 16.0. The Bertz CT molecular complexity index is 1050. The van der Waals surface area contributed by atoms with Gasteiger partial charge in [0.25, 0.3) is 5.69 Å². The number of hydrogen-bond donors (Lipinski definition) is 1. The number of ether oxygens (including phenoxy) is 1. The summed E-state index contributed by atoms with van der Waals surface area (Å²) in [7, 11) is 0. The highest BCUT2D eigenvalue weighted by Gasteiger charge is 2.51. The van der Waals surface area contributed by atoms with Crippen molar-refractivity contribution < 1.29 is 24.4 Å². The Kier molecular flexibility index (Phi) is 7.10. The molecule has 0 aliphatic heterocycles. The second-order valence-electron chi connectivity index (χ2n) is 8.12. The van der Waals surface area contributed by atoms with E-state index in [2.05, 4.69) is 0 Å². The number of non-ortho nitro benzene ring substituents is 1. The third-order valence-corrected chi connectivity index (χ3v) is 6.69. The molecule has 1 N–H and O–H groups in total. The molecular formula is C23H22Cl2NO6. The predicted octanol–water partition coefficient (Wildman–Crippen LogP) is 6.14. The Hall–Kier alpha value is -2.64. The summed E-state index contributed by atoms with van der Waals surface area (Å²) in [5.41, 5.74) is -0.845. The van der Waals surface area contributed by atoms with E-state index in [1.807, 2.05) is 13.8 Å². The lowest BCUT2D eigenvalue weighted by atomic mass is 9.75. The Morgan fingerprint density at radius 1 is 1.06 bits per heavy atom. The lowest BCUT2D eigenvalue weighted by Crippen LogP contribution is -2.46. The van der Waals surface area contributed by atoms with E-state index in [0.717, 1.165) is 18.8 Å². The molecule has 1 fully saturated rings. The van der Waals surface area contributed by atoms with Crippen LogP contribution in [0, 0.1) is 21.4 Å². The molecule has 1 unspecified atom stereocenters. The third kappa shape index (κ3) is 4.45. The maximum Gasteiger partial charge on any atom is 0.313 e. The summed E-state index contributed by atoms with van der Waals surface area (Å²) in [5.74, 6) is -0.373. The fraction of sp³-hybridized carbons (Fsp3) is 0.348. The number of carboxylic acids is 1. The number of nitrogens with zero attached hydrogens (tertiary/aromatic N) is 1. The first-order valence-corrected chi connectivity index (χ1v) is 10.8. The van der Waals surface area contributed by atoms with Crippen LogP contribution in [0.1, 0.15) is 55.5 Å². The number of halogens is 2. The van der Waals surface area contributed by atoms with E-state index < -0.39 is 28.2 Å². The molecule has 3 rings (SSSR count). The number of benzene rings is 2. The van der Waals surface area contributed by atoms with Crippen molar-refractivity contribution in [2.75, 3.05) is 0 Å². The number of rotatable bonds is 8. The summed E-state index contributed by atoms with van der Waals surface area (Å²) in [6.45, 7) is 3.63. The average molecular weight is 479 g/mol. The number of ketones is 1. The van der Waals surface area contributed by atoms with E-state index in [-0.39, 0.29) is 32.6 Å². The predicted molar refractivity (Wildman–Crippen MR) is 121 cm³/mol. The first-order valence-electron chi connectivity index (χ1n) is 10.1. The molecule has 1 aliphatic rings. The summed E-state index contributed by atoms with van der Waals surface area (Å²) < 4.78 is 6.10. The number of carboxylic acid groups (broad SMARTS) is 1. The van der Waals surface area contributed by atoms with Gasteiger partial charge < -0.3 is 9.84 Å². The molecular weight excluding hydrogens is 457 g/mol. The van der Waals surface area contributed by atoms with Crippen LogP contribution in [0.5, 0.6) is 5.75 Å². The topological polar surface area (TPSA) is 107 Å². The van der Waals surface area contributed by atoms with Gasteiger partial charge in [-0.1, -0.05) is 49.9 Å². The highest BCUT2D eigenvalue weighted by molar-refractivity contribution is 6.45. The maximum absolute atomic E-state index is 12.9. The van der Waals surface area contributed by atoms with E-state index in [1.165, 1.54) is 36.4 Å². The molecule has 0 heterocycles. The average Bonchev–Trinajstić information content (AvgIpc) is 3.25. The van der Waals surface area contributed by atoms with Crippen LogP contribution >= 0.6 is 23.2 Å². The van der Waals surface area contributed by atoms with Gasteiger partial charge in [0.05, 0.1) is 9.95 Å². The summed E-state index contributed by atoms with van der Waals surface area (Å²) in [6.07, 6.45) is 1.90. The van der Waals surface area contributed by atoms with Crippen LogP contribution in [0.4, 0.5) is 5.69 Å². The minimum atomic E-state index is -1.04. The fourth-order valence-corrected chi connectivity index (χ4v) is 4.64. The van der Waals surface area contributed by atoms with Gasteiger partial charge in [0.2, 0.25) is 0 Å². The largest absolute Gasteiger partial charge is 0.487 e. The molecule has 0 aromatic heterocycles. The first-order chi connectivity index (χ1) is 15.1. The smallest absolute Gasteiger partial charge is 0.313 e. The van der Waals surface area contributed by atoms with Crippen molar-refractivity contribution in [3.8, 4) is 5.75 Å². The minimum Gasteiger partial charge on any atom is -0.487 e. The molecule has 1 aliphatic carbocycles. The minimum absolute atomic E-state index is 0.00390. The lowest BCUT2D eigenvalue weighted by molar-refractivity contribution is -0.384. The zero-order valence-corrected chi connectivity index (χ0v) is 19.1. The molecule has 1 saturated carbocycles. The molecule has 32 heavy (non-hydrogen) atoms. The van der Waals surface area contributed by atoms with Crippen molar-refractivity contribution in [2.45, 2.75) is 45.6 Å². The first kappa shape index (κ1) is 24.0. The van der Waals surface area contributed by atoms with Crippen molar-refractivity contribution in [3.63, 3.8) is 0 Å². The molecule has 0 saturated heterocycles. The number of hydrogen-bond acceptors (Lipinski definition) is 5. The number of aliphatic carboxylic acids is 1. The van der Waals surface area contributed by atoms with Crippen molar-refractivity contribution >= 4 is 40.6 Å². The van der Waals surface area contributed by atoms with E-state index in [4.69, 9.17) is 27.9 Å². The molecule has 0 spiro atoms. The van der Waals surface area contributed by atoms with Crippen LogP contribution in [-0.4, -0.2) is 27.9 Å². The van der Waals surface area contributed by atoms with Gasteiger partial charge in [-0.05, 0) is 37.1 Å². The summed E-state index contributed by atoms with van der Waals surface area (Å²) in [6, 6.07) is 8.11. The van der Waals surface area contributed by atoms with Crippen LogP contribution in [-0.2, 0) is 4.79 Å². The van der Waals surface area contributed by atoms with Crippen molar-refractivity contribution in [3.05, 3.63) is 73.6 Å². The molecule has 0 amide bonds. The van der Waals surface area contributed by atoms with Gasteiger partial charge in [0, 0.05) is 29.2 Å². The Labute approximate surface area is 195 Å². The molecule has 2 aromatic carbocycles. The van der Waals surface area contributed by atoms with Crippen molar-refractivity contribution in [1.82, 2.24) is 0 Å². The quantitative estimate of drug-likeness (QED) is 0.277. The molecule has 7 nitrogen and oxygen atoms in total. The molecule has 0 bridgehead atoms. The standard InChI is InChI=1S/C23H22Cl2NO6/c1-13(2)21(23(22(28)29)11-3-4-12-23)32-17-10-9-16(18(24)19(17)25)20(27)14-5-7-15(8-6-14)26(30)31/h5-10,21H,3-4,11-12H2,1-2H3,(H,28,29). The van der Waals surface area contributed by atoms with Gasteiger partial charge in [-0.2, -0.15) is 0 Å². The SMILES string of the molecule is C[C](C)C(Oc1ccc(C(=O)c2ccc([N+](=O)[O-])cc2)c(Cl)c1Cl)C1(C(=O)O)CCCC1.